The normalized spacial score (nSPS) is 11.5. The quantitative estimate of drug-likeness (QED) is 0.724. The molecule has 0 aromatic carbocycles. The van der Waals surface area contributed by atoms with Crippen molar-refractivity contribution in [3.8, 4) is 11.4 Å². The topological polar surface area (TPSA) is 64.2 Å². The molecule has 0 aliphatic rings. The molecule has 0 fully saturated rings. The Balaban J connectivity index is 1.72. The first-order valence-electron chi connectivity index (χ1n) is 7.74. The molecule has 3 heterocycles. The van der Waals surface area contributed by atoms with Crippen molar-refractivity contribution in [3.63, 3.8) is 0 Å². The standard InChI is InChI=1S/C18H20N4O2/c1-18(2,22-10-6-7-11-22)17(23)21(3)13-14-12-16(20-24-14)15-8-4-5-9-19-15/h4-12H,13H2,1-3H3. The molecule has 0 unspecified atom stereocenters. The van der Waals surface area contributed by atoms with E-state index in [0.29, 0.717) is 18.0 Å². The molecule has 0 aliphatic heterocycles. The summed E-state index contributed by atoms with van der Waals surface area (Å²) in [7, 11) is 1.76. The molecule has 3 aromatic heterocycles. The SMILES string of the molecule is CN(Cc1cc(-c2ccccn2)no1)C(=O)C(C)(C)n1cccc1. The molecule has 0 saturated carbocycles. The molecule has 0 atom stereocenters. The monoisotopic (exact) mass is 324 g/mol. The van der Waals surface area contributed by atoms with E-state index in [1.54, 1.807) is 18.1 Å². The molecule has 3 rings (SSSR count). The van der Waals surface area contributed by atoms with E-state index < -0.39 is 5.54 Å². The van der Waals surface area contributed by atoms with Gasteiger partial charge in [0, 0.05) is 31.7 Å². The van der Waals surface area contributed by atoms with Crippen LogP contribution in [0.2, 0.25) is 0 Å². The van der Waals surface area contributed by atoms with E-state index in [2.05, 4.69) is 10.1 Å². The summed E-state index contributed by atoms with van der Waals surface area (Å²) in [6.07, 6.45) is 5.48. The number of likely N-dealkylation sites (N-methyl/N-ethyl adjacent to an activating group) is 1. The van der Waals surface area contributed by atoms with Crippen LogP contribution in [0.3, 0.4) is 0 Å². The largest absolute Gasteiger partial charge is 0.359 e. The van der Waals surface area contributed by atoms with E-state index in [0.717, 1.165) is 5.69 Å². The van der Waals surface area contributed by atoms with Crippen LogP contribution in [-0.4, -0.2) is 32.6 Å². The van der Waals surface area contributed by atoms with Crippen molar-refractivity contribution >= 4 is 5.91 Å². The predicted molar refractivity (Wildman–Crippen MR) is 90.0 cm³/mol. The highest BCUT2D eigenvalue weighted by Crippen LogP contribution is 2.21. The molecular weight excluding hydrogens is 304 g/mol. The lowest BCUT2D eigenvalue weighted by molar-refractivity contribution is -0.138. The molecule has 1 amide bonds. The van der Waals surface area contributed by atoms with Gasteiger partial charge in [-0.1, -0.05) is 11.2 Å². The van der Waals surface area contributed by atoms with Crippen molar-refractivity contribution in [2.45, 2.75) is 25.9 Å². The highest BCUT2D eigenvalue weighted by atomic mass is 16.5. The zero-order valence-electron chi connectivity index (χ0n) is 14.0. The van der Waals surface area contributed by atoms with Gasteiger partial charge in [0.1, 0.15) is 11.2 Å². The molecule has 3 aromatic rings. The summed E-state index contributed by atoms with van der Waals surface area (Å²) in [6.45, 7) is 4.14. The molecule has 0 radical (unpaired) electrons. The Hall–Kier alpha value is -2.89. The second-order valence-electron chi connectivity index (χ2n) is 6.20. The summed E-state index contributed by atoms with van der Waals surface area (Å²) >= 11 is 0. The van der Waals surface area contributed by atoms with Gasteiger partial charge >= 0.3 is 0 Å². The van der Waals surface area contributed by atoms with Gasteiger partial charge in [-0.05, 0) is 38.1 Å². The highest BCUT2D eigenvalue weighted by molar-refractivity contribution is 5.83. The van der Waals surface area contributed by atoms with Crippen LogP contribution in [0.15, 0.2) is 59.5 Å². The summed E-state index contributed by atoms with van der Waals surface area (Å²) in [4.78, 5) is 18.7. The number of rotatable bonds is 5. The molecule has 24 heavy (non-hydrogen) atoms. The molecule has 0 spiro atoms. The number of carbonyl (C=O) groups is 1. The summed E-state index contributed by atoms with van der Waals surface area (Å²) in [6, 6.07) is 11.2. The number of pyridine rings is 1. The number of hydrogen-bond acceptors (Lipinski definition) is 4. The minimum Gasteiger partial charge on any atom is -0.359 e. The van der Waals surface area contributed by atoms with Crippen LogP contribution in [-0.2, 0) is 16.9 Å². The van der Waals surface area contributed by atoms with Crippen LogP contribution in [0.1, 0.15) is 19.6 Å². The van der Waals surface area contributed by atoms with E-state index in [1.807, 2.05) is 67.2 Å². The lowest BCUT2D eigenvalue weighted by atomic mass is 10.0. The van der Waals surface area contributed by atoms with Crippen LogP contribution >= 0.6 is 0 Å². The van der Waals surface area contributed by atoms with E-state index in [-0.39, 0.29) is 5.91 Å². The maximum atomic E-state index is 12.8. The molecule has 0 aliphatic carbocycles. The fourth-order valence-corrected chi connectivity index (χ4v) is 2.61. The number of nitrogens with zero attached hydrogens (tertiary/aromatic N) is 4. The third-order valence-corrected chi connectivity index (χ3v) is 4.00. The first kappa shape index (κ1) is 16.0. The van der Waals surface area contributed by atoms with Gasteiger partial charge in [0.15, 0.2) is 5.76 Å². The molecule has 0 saturated heterocycles. The van der Waals surface area contributed by atoms with Crippen molar-refractivity contribution in [3.05, 3.63) is 60.7 Å². The Morgan fingerprint density at radius 3 is 2.62 bits per heavy atom. The molecule has 0 N–H and O–H groups in total. The minimum absolute atomic E-state index is 0.00511. The Morgan fingerprint density at radius 1 is 1.21 bits per heavy atom. The molecule has 6 nitrogen and oxygen atoms in total. The van der Waals surface area contributed by atoms with Gasteiger partial charge in [-0.15, -0.1) is 0 Å². The lowest BCUT2D eigenvalue weighted by Crippen LogP contribution is -2.44. The van der Waals surface area contributed by atoms with Gasteiger partial charge in [0.25, 0.3) is 0 Å². The van der Waals surface area contributed by atoms with Gasteiger partial charge in [-0.3, -0.25) is 9.78 Å². The van der Waals surface area contributed by atoms with Crippen molar-refractivity contribution < 1.29 is 9.32 Å². The van der Waals surface area contributed by atoms with Gasteiger partial charge in [-0.2, -0.15) is 0 Å². The number of amides is 1. The van der Waals surface area contributed by atoms with Crippen molar-refractivity contribution in [2.75, 3.05) is 7.05 Å². The lowest BCUT2D eigenvalue weighted by Gasteiger charge is -2.30. The Kier molecular flexibility index (Phi) is 4.20. The molecule has 0 bridgehead atoms. The Morgan fingerprint density at radius 2 is 1.96 bits per heavy atom. The van der Waals surface area contributed by atoms with Gasteiger partial charge in [0.05, 0.1) is 12.2 Å². The number of hydrogen-bond donors (Lipinski definition) is 0. The third kappa shape index (κ3) is 3.08. The van der Waals surface area contributed by atoms with Crippen molar-refractivity contribution in [1.82, 2.24) is 19.6 Å². The highest BCUT2D eigenvalue weighted by Gasteiger charge is 2.32. The Labute approximate surface area is 140 Å². The van der Waals surface area contributed by atoms with Crippen molar-refractivity contribution in [1.29, 1.82) is 0 Å². The summed E-state index contributed by atoms with van der Waals surface area (Å²) in [5.41, 5.74) is 0.743. The fourth-order valence-electron chi connectivity index (χ4n) is 2.61. The zero-order chi connectivity index (χ0) is 17.2. The second kappa shape index (κ2) is 6.31. The van der Waals surface area contributed by atoms with Crippen LogP contribution in [0.4, 0.5) is 0 Å². The molecular formula is C18H20N4O2. The molecule has 124 valence electrons. The molecule has 6 heteroatoms. The minimum atomic E-state index is -0.665. The average molecular weight is 324 g/mol. The summed E-state index contributed by atoms with van der Waals surface area (Å²) in [5.74, 6) is 0.615. The van der Waals surface area contributed by atoms with Gasteiger partial charge in [-0.25, -0.2) is 0 Å². The van der Waals surface area contributed by atoms with Crippen LogP contribution in [0.25, 0.3) is 11.4 Å². The second-order valence-corrected chi connectivity index (χ2v) is 6.20. The maximum absolute atomic E-state index is 12.8. The predicted octanol–water partition coefficient (Wildman–Crippen LogP) is 2.93. The third-order valence-electron chi connectivity index (χ3n) is 4.00. The fraction of sp³-hybridized carbons (Fsp3) is 0.278. The van der Waals surface area contributed by atoms with E-state index in [1.165, 1.54) is 0 Å². The van der Waals surface area contributed by atoms with Gasteiger partial charge in [0.2, 0.25) is 5.91 Å². The first-order valence-corrected chi connectivity index (χ1v) is 7.74. The van der Waals surface area contributed by atoms with Crippen LogP contribution < -0.4 is 0 Å². The van der Waals surface area contributed by atoms with Gasteiger partial charge < -0.3 is 14.0 Å². The zero-order valence-corrected chi connectivity index (χ0v) is 14.0. The maximum Gasteiger partial charge on any atom is 0.248 e. The number of carbonyl (C=O) groups excluding carboxylic acids is 1. The van der Waals surface area contributed by atoms with E-state index in [4.69, 9.17) is 4.52 Å². The van der Waals surface area contributed by atoms with Crippen molar-refractivity contribution in [2.24, 2.45) is 0 Å². The Bertz CT molecular complexity index is 807. The van der Waals surface area contributed by atoms with Crippen LogP contribution in [0.5, 0.6) is 0 Å². The average Bonchev–Trinajstić information content (AvgIpc) is 3.27. The van der Waals surface area contributed by atoms with Crippen LogP contribution in [0, 0.1) is 0 Å². The summed E-state index contributed by atoms with van der Waals surface area (Å²) < 4.78 is 7.25. The number of aromatic nitrogens is 3. The summed E-state index contributed by atoms with van der Waals surface area (Å²) in [5, 5.41) is 4.03. The van der Waals surface area contributed by atoms with E-state index in [9.17, 15) is 4.79 Å². The first-order chi connectivity index (χ1) is 11.5. The smallest absolute Gasteiger partial charge is 0.248 e. The van der Waals surface area contributed by atoms with E-state index >= 15 is 0 Å².